The fraction of sp³-hybridized carbons (Fsp3) is 0.800. The number of rotatable bonds is 6. The molecule has 0 aliphatic carbocycles. The lowest BCUT2D eigenvalue weighted by molar-refractivity contribution is 0.226. The summed E-state index contributed by atoms with van der Waals surface area (Å²) in [4.78, 5) is 0. The maximum Gasteiger partial charge on any atom is 0.0521 e. The second kappa shape index (κ2) is 6.37. The third-order valence-corrected chi connectivity index (χ3v) is 3.49. The number of nitrogens with one attached hydrogen (secondary N) is 1. The third kappa shape index (κ3) is 4.81. The van der Waals surface area contributed by atoms with E-state index in [1.807, 2.05) is 10.9 Å². The van der Waals surface area contributed by atoms with Gasteiger partial charge in [0.15, 0.2) is 0 Å². The smallest absolute Gasteiger partial charge is 0.0521 e. The van der Waals surface area contributed by atoms with Gasteiger partial charge < -0.3 is 5.32 Å². The molecule has 1 N–H and O–H groups in total. The summed E-state index contributed by atoms with van der Waals surface area (Å²) in [6, 6.07) is 0.549. The monoisotopic (exact) mass is 251 g/mol. The van der Waals surface area contributed by atoms with Gasteiger partial charge in [0.1, 0.15) is 0 Å². The van der Waals surface area contributed by atoms with Crippen LogP contribution >= 0.6 is 0 Å². The van der Waals surface area contributed by atoms with Crippen molar-refractivity contribution in [2.24, 2.45) is 11.3 Å². The highest BCUT2D eigenvalue weighted by molar-refractivity contribution is 5.06. The molecule has 1 unspecified atom stereocenters. The molecule has 0 aliphatic rings. The molecule has 3 heteroatoms. The molecule has 1 rings (SSSR count). The first-order valence-corrected chi connectivity index (χ1v) is 7.07. The summed E-state index contributed by atoms with van der Waals surface area (Å²) in [5.74, 6) is 0.634. The van der Waals surface area contributed by atoms with Crippen LogP contribution in [0.4, 0.5) is 0 Å². The second-order valence-electron chi connectivity index (χ2n) is 6.53. The van der Waals surface area contributed by atoms with E-state index in [1.165, 1.54) is 5.56 Å². The van der Waals surface area contributed by atoms with E-state index in [1.54, 1.807) is 0 Å². The van der Waals surface area contributed by atoms with Crippen LogP contribution < -0.4 is 5.32 Å². The van der Waals surface area contributed by atoms with E-state index in [-0.39, 0.29) is 0 Å². The number of aromatic nitrogens is 2. The molecule has 3 nitrogen and oxygen atoms in total. The Balaban J connectivity index is 2.66. The summed E-state index contributed by atoms with van der Waals surface area (Å²) in [5.41, 5.74) is 1.67. The van der Waals surface area contributed by atoms with Crippen LogP contribution in [0.2, 0.25) is 0 Å². The highest BCUT2D eigenvalue weighted by atomic mass is 15.3. The van der Waals surface area contributed by atoms with Crippen molar-refractivity contribution < 1.29 is 0 Å². The van der Waals surface area contributed by atoms with Gasteiger partial charge in [-0.25, -0.2) is 0 Å². The van der Waals surface area contributed by atoms with Gasteiger partial charge in [-0.15, -0.1) is 0 Å². The highest BCUT2D eigenvalue weighted by Crippen LogP contribution is 2.28. The van der Waals surface area contributed by atoms with E-state index in [2.05, 4.69) is 58.2 Å². The Bertz CT molecular complexity index is 347. The van der Waals surface area contributed by atoms with Gasteiger partial charge in [-0.05, 0) is 36.8 Å². The van der Waals surface area contributed by atoms with Crippen molar-refractivity contribution in [3.05, 3.63) is 18.0 Å². The van der Waals surface area contributed by atoms with Crippen LogP contribution in [0.15, 0.2) is 12.4 Å². The molecule has 0 saturated carbocycles. The SMILES string of the molecule is CCn1cc(CC(CNC(C)C)C(C)(C)C)cn1. The molecule has 1 heterocycles. The van der Waals surface area contributed by atoms with Gasteiger partial charge in [-0.3, -0.25) is 4.68 Å². The number of hydrogen-bond donors (Lipinski definition) is 1. The molecule has 1 atom stereocenters. The van der Waals surface area contributed by atoms with Gasteiger partial charge >= 0.3 is 0 Å². The average molecular weight is 251 g/mol. The van der Waals surface area contributed by atoms with Crippen molar-refractivity contribution in [3.63, 3.8) is 0 Å². The van der Waals surface area contributed by atoms with Crippen molar-refractivity contribution in [2.45, 2.75) is 60.5 Å². The van der Waals surface area contributed by atoms with Gasteiger partial charge in [-0.2, -0.15) is 5.10 Å². The van der Waals surface area contributed by atoms with Crippen molar-refractivity contribution in [3.8, 4) is 0 Å². The average Bonchev–Trinajstić information content (AvgIpc) is 2.70. The standard InChI is InChI=1S/C15H29N3/c1-7-18-11-13(9-17-18)8-14(15(4,5)6)10-16-12(2)3/h9,11-12,14,16H,7-8,10H2,1-6H3. The van der Waals surface area contributed by atoms with Gasteiger partial charge in [0.05, 0.1) is 6.20 Å². The summed E-state index contributed by atoms with van der Waals surface area (Å²) in [6.07, 6.45) is 5.29. The van der Waals surface area contributed by atoms with Crippen LogP contribution in [0.1, 0.15) is 47.1 Å². The molecule has 104 valence electrons. The molecular formula is C15H29N3. The van der Waals surface area contributed by atoms with E-state index >= 15 is 0 Å². The molecule has 0 amide bonds. The molecule has 0 aliphatic heterocycles. The van der Waals surface area contributed by atoms with Gasteiger partial charge in [0.25, 0.3) is 0 Å². The molecule has 0 bridgehead atoms. The van der Waals surface area contributed by atoms with Gasteiger partial charge in [0, 0.05) is 18.8 Å². The van der Waals surface area contributed by atoms with E-state index in [0.29, 0.717) is 17.4 Å². The zero-order chi connectivity index (χ0) is 13.8. The highest BCUT2D eigenvalue weighted by Gasteiger charge is 2.25. The Morgan fingerprint density at radius 3 is 2.44 bits per heavy atom. The first-order valence-electron chi connectivity index (χ1n) is 7.07. The minimum atomic E-state index is 0.316. The molecule has 18 heavy (non-hydrogen) atoms. The van der Waals surface area contributed by atoms with Gasteiger partial charge in [0.2, 0.25) is 0 Å². The predicted octanol–water partition coefficient (Wildman–Crippen LogP) is 3.11. The van der Waals surface area contributed by atoms with Crippen LogP contribution in [-0.4, -0.2) is 22.4 Å². The molecular weight excluding hydrogens is 222 g/mol. The summed E-state index contributed by atoms with van der Waals surface area (Å²) in [5, 5.41) is 7.93. The Kier molecular flexibility index (Phi) is 5.39. The van der Waals surface area contributed by atoms with Crippen LogP contribution in [0.3, 0.4) is 0 Å². The maximum atomic E-state index is 4.36. The lowest BCUT2D eigenvalue weighted by Gasteiger charge is -2.31. The first kappa shape index (κ1) is 15.2. The lowest BCUT2D eigenvalue weighted by atomic mass is 9.77. The quantitative estimate of drug-likeness (QED) is 0.842. The van der Waals surface area contributed by atoms with E-state index < -0.39 is 0 Å². The van der Waals surface area contributed by atoms with Crippen molar-refractivity contribution >= 4 is 0 Å². The summed E-state index contributed by atoms with van der Waals surface area (Å²) in [6.45, 7) is 15.5. The minimum absolute atomic E-state index is 0.316. The zero-order valence-electron chi connectivity index (χ0n) is 12.8. The van der Waals surface area contributed by atoms with Crippen LogP contribution in [0.5, 0.6) is 0 Å². The molecule has 1 aromatic heterocycles. The number of hydrogen-bond acceptors (Lipinski definition) is 2. The number of nitrogens with zero attached hydrogens (tertiary/aromatic N) is 2. The third-order valence-electron chi connectivity index (χ3n) is 3.49. The molecule has 0 fully saturated rings. The largest absolute Gasteiger partial charge is 0.314 e. The Morgan fingerprint density at radius 1 is 1.33 bits per heavy atom. The summed E-state index contributed by atoms with van der Waals surface area (Å²) in [7, 11) is 0. The van der Waals surface area contributed by atoms with E-state index in [0.717, 1.165) is 19.5 Å². The molecule has 1 aromatic rings. The van der Waals surface area contributed by atoms with E-state index in [4.69, 9.17) is 0 Å². The van der Waals surface area contributed by atoms with Crippen molar-refractivity contribution in [1.82, 2.24) is 15.1 Å². The van der Waals surface area contributed by atoms with Crippen LogP contribution in [-0.2, 0) is 13.0 Å². The Labute approximate surface area is 112 Å². The lowest BCUT2D eigenvalue weighted by Crippen LogP contribution is -2.36. The summed E-state index contributed by atoms with van der Waals surface area (Å²) < 4.78 is 2.00. The number of aryl methyl sites for hydroxylation is 1. The minimum Gasteiger partial charge on any atom is -0.314 e. The topological polar surface area (TPSA) is 29.9 Å². The molecule has 0 saturated heterocycles. The molecule has 0 aromatic carbocycles. The Hall–Kier alpha value is -0.830. The van der Waals surface area contributed by atoms with Crippen LogP contribution in [0.25, 0.3) is 0 Å². The summed E-state index contributed by atoms with van der Waals surface area (Å²) >= 11 is 0. The molecule has 0 spiro atoms. The predicted molar refractivity (Wildman–Crippen MR) is 77.7 cm³/mol. The van der Waals surface area contributed by atoms with Gasteiger partial charge in [-0.1, -0.05) is 34.6 Å². The molecule has 0 radical (unpaired) electrons. The van der Waals surface area contributed by atoms with E-state index in [9.17, 15) is 0 Å². The fourth-order valence-electron chi connectivity index (χ4n) is 2.03. The maximum absolute atomic E-state index is 4.36. The fourth-order valence-corrected chi connectivity index (χ4v) is 2.03. The second-order valence-corrected chi connectivity index (χ2v) is 6.53. The van der Waals surface area contributed by atoms with Crippen molar-refractivity contribution in [2.75, 3.05) is 6.54 Å². The normalized spacial score (nSPS) is 14.2. The zero-order valence-corrected chi connectivity index (χ0v) is 12.8. The van der Waals surface area contributed by atoms with Crippen LogP contribution in [0, 0.1) is 11.3 Å². The van der Waals surface area contributed by atoms with Crippen molar-refractivity contribution in [1.29, 1.82) is 0 Å². The first-order chi connectivity index (χ1) is 8.32. The Morgan fingerprint density at radius 2 is 2.00 bits per heavy atom.